The summed E-state index contributed by atoms with van der Waals surface area (Å²) in [5.41, 5.74) is 6.05. The molecule has 0 aliphatic heterocycles. The third kappa shape index (κ3) is 5.98. The lowest BCUT2D eigenvalue weighted by molar-refractivity contribution is -0.144. The van der Waals surface area contributed by atoms with Gasteiger partial charge in [-0.2, -0.15) is 0 Å². The number of carbonyl (C=O) groups excluding carboxylic acids is 1. The maximum Gasteiger partial charge on any atom is 0.344 e. The monoisotopic (exact) mass is 530 g/mol. The van der Waals surface area contributed by atoms with Crippen molar-refractivity contribution in [3.05, 3.63) is 100.0 Å². The molecule has 0 saturated heterocycles. The summed E-state index contributed by atoms with van der Waals surface area (Å²) in [6, 6.07) is 17.9. The van der Waals surface area contributed by atoms with Crippen molar-refractivity contribution < 1.29 is 23.8 Å². The van der Waals surface area contributed by atoms with Gasteiger partial charge in [0.1, 0.15) is 11.6 Å². The zero-order valence-electron chi connectivity index (χ0n) is 23.2. The minimum atomic E-state index is -1.10. The molecule has 39 heavy (non-hydrogen) atoms. The number of fused-ring (bicyclic) bond motifs is 1. The molecule has 0 bridgehead atoms. The second kappa shape index (κ2) is 11.3. The summed E-state index contributed by atoms with van der Waals surface area (Å²) >= 11 is 0. The van der Waals surface area contributed by atoms with Crippen molar-refractivity contribution in [3.8, 4) is 5.75 Å². The molecule has 6 nitrogen and oxygen atoms in total. The number of aryl methyl sites for hydroxylation is 1. The maximum absolute atomic E-state index is 14.8. The first-order valence-electron chi connectivity index (χ1n) is 13.1. The Balaban J connectivity index is 1.59. The van der Waals surface area contributed by atoms with Crippen LogP contribution in [0.25, 0.3) is 10.9 Å². The van der Waals surface area contributed by atoms with E-state index in [0.717, 1.165) is 27.7 Å². The number of hydrogen-bond donors (Lipinski definition) is 2. The van der Waals surface area contributed by atoms with E-state index >= 15 is 0 Å². The van der Waals surface area contributed by atoms with Crippen molar-refractivity contribution >= 4 is 22.8 Å². The average Bonchev–Trinajstić information content (AvgIpc) is 3.14. The van der Waals surface area contributed by atoms with Crippen LogP contribution in [0.15, 0.2) is 60.7 Å². The molecule has 7 heteroatoms. The largest absolute Gasteiger partial charge is 0.479 e. The predicted molar refractivity (Wildman–Crippen MR) is 151 cm³/mol. The molecule has 0 saturated carbocycles. The van der Waals surface area contributed by atoms with Crippen LogP contribution in [-0.2, 0) is 11.3 Å². The fourth-order valence-corrected chi connectivity index (χ4v) is 4.72. The highest BCUT2D eigenvalue weighted by atomic mass is 19.1. The first-order chi connectivity index (χ1) is 18.5. The molecule has 1 heterocycles. The lowest BCUT2D eigenvalue weighted by atomic mass is 9.98. The van der Waals surface area contributed by atoms with Crippen LogP contribution < -0.4 is 10.1 Å². The molecule has 2 atom stereocenters. The van der Waals surface area contributed by atoms with E-state index in [0.29, 0.717) is 22.8 Å². The number of nitrogens with zero attached hydrogens (tertiary/aromatic N) is 1. The molecule has 4 rings (SSSR count). The van der Waals surface area contributed by atoms with E-state index < -0.39 is 17.9 Å². The van der Waals surface area contributed by atoms with Gasteiger partial charge >= 0.3 is 5.97 Å². The Hall–Kier alpha value is -4.13. The van der Waals surface area contributed by atoms with Gasteiger partial charge in [-0.3, -0.25) is 4.79 Å². The van der Waals surface area contributed by atoms with Crippen LogP contribution in [0, 0.1) is 19.7 Å². The van der Waals surface area contributed by atoms with Crippen LogP contribution in [0.2, 0.25) is 0 Å². The molecule has 1 aromatic heterocycles. The molecule has 4 aromatic rings. The van der Waals surface area contributed by atoms with Gasteiger partial charge in [0, 0.05) is 27.7 Å². The second-order valence-corrected chi connectivity index (χ2v) is 10.4. The highest BCUT2D eigenvalue weighted by Crippen LogP contribution is 2.29. The molecule has 3 aromatic carbocycles. The minimum absolute atomic E-state index is 0.152. The van der Waals surface area contributed by atoms with Crippen molar-refractivity contribution in [3.63, 3.8) is 0 Å². The van der Waals surface area contributed by atoms with Crippen LogP contribution in [0.4, 0.5) is 4.39 Å². The minimum Gasteiger partial charge on any atom is -0.479 e. The first kappa shape index (κ1) is 27.9. The van der Waals surface area contributed by atoms with Crippen molar-refractivity contribution in [2.24, 2.45) is 0 Å². The van der Waals surface area contributed by atoms with Gasteiger partial charge in [0.2, 0.25) is 0 Å². The van der Waals surface area contributed by atoms with E-state index in [9.17, 15) is 14.0 Å². The number of benzene rings is 3. The number of carbonyl (C=O) groups is 2. The first-order valence-corrected chi connectivity index (χ1v) is 13.1. The summed E-state index contributed by atoms with van der Waals surface area (Å²) < 4.78 is 22.2. The zero-order chi connectivity index (χ0) is 28.4. The molecule has 0 radical (unpaired) electrons. The van der Waals surface area contributed by atoms with E-state index in [2.05, 4.69) is 31.3 Å². The van der Waals surface area contributed by atoms with E-state index in [1.807, 2.05) is 49.6 Å². The predicted octanol–water partition coefficient (Wildman–Crippen LogP) is 6.91. The van der Waals surface area contributed by atoms with E-state index in [1.165, 1.54) is 30.7 Å². The third-order valence-electron chi connectivity index (χ3n) is 7.33. The van der Waals surface area contributed by atoms with Gasteiger partial charge in [0.25, 0.3) is 5.91 Å². The van der Waals surface area contributed by atoms with Crippen LogP contribution >= 0.6 is 0 Å². The number of rotatable bonds is 9. The zero-order valence-corrected chi connectivity index (χ0v) is 23.2. The van der Waals surface area contributed by atoms with E-state index in [4.69, 9.17) is 9.84 Å². The van der Waals surface area contributed by atoms with Crippen molar-refractivity contribution in [1.29, 1.82) is 0 Å². The Morgan fingerprint density at radius 2 is 1.69 bits per heavy atom. The van der Waals surface area contributed by atoms with Gasteiger partial charge in [-0.25, -0.2) is 9.18 Å². The molecule has 0 unspecified atom stereocenters. The number of carboxylic acid groups (broad SMARTS) is 1. The molecular weight excluding hydrogens is 495 g/mol. The standard InChI is InChI=1S/C32H35FN2O4/c1-18(2)23-8-7-9-24(14-23)20(4)34-31(36)25-10-13-30-28(16-25)19(3)21(5)35(30)17-26-15-27(11-12-29(26)33)39-22(6)32(37)38/h7-16,18,20,22H,17H2,1-6H3,(H,34,36)(H,37,38)/t20-,22-/m0/s1. The number of hydrogen-bond acceptors (Lipinski definition) is 3. The molecule has 0 spiro atoms. The lowest BCUT2D eigenvalue weighted by Crippen LogP contribution is -2.26. The summed E-state index contributed by atoms with van der Waals surface area (Å²) in [7, 11) is 0. The van der Waals surface area contributed by atoms with Crippen molar-refractivity contribution in [1.82, 2.24) is 9.88 Å². The molecule has 0 aliphatic rings. The molecule has 204 valence electrons. The van der Waals surface area contributed by atoms with E-state index in [1.54, 1.807) is 6.07 Å². The smallest absolute Gasteiger partial charge is 0.344 e. The summed E-state index contributed by atoms with van der Waals surface area (Å²) in [6.45, 7) is 11.9. The molecule has 0 fully saturated rings. The quantitative estimate of drug-likeness (QED) is 0.246. The Labute approximate surface area is 228 Å². The summed E-state index contributed by atoms with van der Waals surface area (Å²) in [5, 5.41) is 13.2. The number of nitrogens with one attached hydrogen (secondary N) is 1. The Kier molecular flexibility index (Phi) is 8.09. The number of halogens is 1. The van der Waals surface area contributed by atoms with E-state index in [-0.39, 0.29) is 18.5 Å². The van der Waals surface area contributed by atoms with Crippen LogP contribution in [0.5, 0.6) is 5.75 Å². The highest BCUT2D eigenvalue weighted by Gasteiger charge is 2.18. The second-order valence-electron chi connectivity index (χ2n) is 10.4. The number of aliphatic carboxylic acids is 1. The van der Waals surface area contributed by atoms with Gasteiger partial charge in [0.15, 0.2) is 6.10 Å². The van der Waals surface area contributed by atoms with Crippen LogP contribution in [0.1, 0.15) is 78.0 Å². The van der Waals surface area contributed by atoms with Crippen LogP contribution in [0.3, 0.4) is 0 Å². The Morgan fingerprint density at radius 3 is 2.38 bits per heavy atom. The number of amides is 1. The van der Waals surface area contributed by atoms with Gasteiger partial charge in [-0.1, -0.05) is 38.1 Å². The van der Waals surface area contributed by atoms with Gasteiger partial charge in [0.05, 0.1) is 12.6 Å². The molecular formula is C32H35FN2O4. The van der Waals surface area contributed by atoms with Crippen LogP contribution in [-0.4, -0.2) is 27.7 Å². The normalized spacial score (nSPS) is 12.9. The van der Waals surface area contributed by atoms with Gasteiger partial charge < -0.3 is 19.7 Å². The summed E-state index contributed by atoms with van der Waals surface area (Å²) in [5.74, 6) is -0.966. The topological polar surface area (TPSA) is 80.6 Å². The lowest BCUT2D eigenvalue weighted by Gasteiger charge is -2.17. The van der Waals surface area contributed by atoms with Gasteiger partial charge in [-0.15, -0.1) is 0 Å². The number of aromatic nitrogens is 1. The highest BCUT2D eigenvalue weighted by molar-refractivity contribution is 5.99. The van der Waals surface area contributed by atoms with Crippen molar-refractivity contribution in [2.45, 2.75) is 66.2 Å². The Bertz CT molecular complexity index is 1540. The molecule has 1 amide bonds. The van der Waals surface area contributed by atoms with Crippen molar-refractivity contribution in [2.75, 3.05) is 0 Å². The molecule has 2 N–H and O–H groups in total. The number of carboxylic acids is 1. The average molecular weight is 531 g/mol. The molecule has 0 aliphatic carbocycles. The summed E-state index contributed by atoms with van der Waals surface area (Å²) in [4.78, 5) is 24.3. The fourth-order valence-electron chi connectivity index (χ4n) is 4.72. The maximum atomic E-state index is 14.8. The summed E-state index contributed by atoms with van der Waals surface area (Å²) in [6.07, 6.45) is -1.05. The van der Waals surface area contributed by atoms with Gasteiger partial charge in [-0.05, 0) is 86.7 Å². The Morgan fingerprint density at radius 1 is 0.974 bits per heavy atom. The third-order valence-corrected chi connectivity index (χ3v) is 7.33. The number of ether oxygens (including phenoxy) is 1. The fraction of sp³-hybridized carbons (Fsp3) is 0.312. The SMILES string of the molecule is Cc1c(C)n(Cc2cc(O[C@@H](C)C(=O)O)ccc2F)c2ccc(C(=O)N[C@@H](C)c3cccc(C(C)C)c3)cc12.